The number of hydrogen-bond acceptors (Lipinski definition) is 4. The van der Waals surface area contributed by atoms with Gasteiger partial charge in [-0.2, -0.15) is 0 Å². The molecule has 0 aliphatic heterocycles. The van der Waals surface area contributed by atoms with Crippen molar-refractivity contribution in [3.8, 4) is 0 Å². The van der Waals surface area contributed by atoms with E-state index in [2.05, 4.69) is 17.2 Å². The lowest BCUT2D eigenvalue weighted by Crippen LogP contribution is -2.16. The number of methoxy groups -OCH3 is 1. The second-order valence-corrected chi connectivity index (χ2v) is 3.40. The lowest BCUT2D eigenvalue weighted by molar-refractivity contribution is 0.164. The van der Waals surface area contributed by atoms with Crippen molar-refractivity contribution in [1.29, 1.82) is 0 Å². The summed E-state index contributed by atoms with van der Waals surface area (Å²) in [6, 6.07) is 1.87. The first kappa shape index (κ1) is 10.8. The van der Waals surface area contributed by atoms with E-state index in [1.165, 1.54) is 0 Å². The van der Waals surface area contributed by atoms with Gasteiger partial charge in [0, 0.05) is 19.9 Å². The van der Waals surface area contributed by atoms with Crippen molar-refractivity contribution in [3.05, 3.63) is 18.5 Å². The zero-order valence-electron chi connectivity index (χ0n) is 8.66. The normalized spacial score (nSPS) is 12.4. The van der Waals surface area contributed by atoms with Crippen LogP contribution in [0.2, 0.25) is 0 Å². The predicted octanol–water partition coefficient (Wildman–Crippen LogP) is 1.36. The zero-order chi connectivity index (χ0) is 10.4. The molecule has 0 saturated carbocycles. The number of pyridine rings is 1. The van der Waals surface area contributed by atoms with Crippen LogP contribution in [0.1, 0.15) is 6.92 Å². The average molecular weight is 195 g/mol. The lowest BCUT2D eigenvalue weighted by Gasteiger charge is -2.13. The van der Waals surface area contributed by atoms with Crippen molar-refractivity contribution in [3.63, 3.8) is 0 Å². The van der Waals surface area contributed by atoms with Gasteiger partial charge in [0.2, 0.25) is 0 Å². The van der Waals surface area contributed by atoms with Crippen molar-refractivity contribution in [2.45, 2.75) is 6.92 Å². The number of aromatic nitrogens is 1. The fraction of sp³-hybridized carbons (Fsp3) is 0.500. The van der Waals surface area contributed by atoms with Gasteiger partial charge in [-0.25, -0.2) is 0 Å². The Morgan fingerprint density at radius 1 is 1.64 bits per heavy atom. The molecule has 0 bridgehead atoms. The third-order valence-electron chi connectivity index (χ3n) is 1.94. The summed E-state index contributed by atoms with van der Waals surface area (Å²) in [5.74, 6) is 0.465. The van der Waals surface area contributed by atoms with Crippen molar-refractivity contribution in [2.24, 2.45) is 5.92 Å². The van der Waals surface area contributed by atoms with Crippen molar-refractivity contribution < 1.29 is 4.74 Å². The van der Waals surface area contributed by atoms with Gasteiger partial charge in [-0.05, 0) is 12.0 Å². The van der Waals surface area contributed by atoms with Crippen molar-refractivity contribution in [2.75, 3.05) is 31.3 Å². The van der Waals surface area contributed by atoms with Gasteiger partial charge in [-0.15, -0.1) is 0 Å². The van der Waals surface area contributed by atoms with E-state index >= 15 is 0 Å². The molecule has 14 heavy (non-hydrogen) atoms. The SMILES string of the molecule is COCC(C)CNc1ccncc1N. The lowest BCUT2D eigenvalue weighted by atomic mass is 10.2. The number of nitrogen functional groups attached to an aromatic ring is 1. The largest absolute Gasteiger partial charge is 0.396 e. The van der Waals surface area contributed by atoms with E-state index in [1.807, 2.05) is 6.07 Å². The summed E-state index contributed by atoms with van der Waals surface area (Å²) in [7, 11) is 1.71. The quantitative estimate of drug-likeness (QED) is 0.744. The highest BCUT2D eigenvalue weighted by molar-refractivity contribution is 5.64. The first-order chi connectivity index (χ1) is 6.74. The van der Waals surface area contributed by atoms with Crippen LogP contribution in [0.15, 0.2) is 18.5 Å². The Balaban J connectivity index is 2.41. The molecule has 4 heteroatoms. The van der Waals surface area contributed by atoms with Crippen LogP contribution < -0.4 is 11.1 Å². The second-order valence-electron chi connectivity index (χ2n) is 3.40. The highest BCUT2D eigenvalue weighted by atomic mass is 16.5. The molecule has 1 atom stereocenters. The Morgan fingerprint density at radius 3 is 3.07 bits per heavy atom. The van der Waals surface area contributed by atoms with Crippen LogP contribution in [-0.2, 0) is 4.74 Å². The van der Waals surface area contributed by atoms with E-state index in [1.54, 1.807) is 19.5 Å². The monoisotopic (exact) mass is 195 g/mol. The van der Waals surface area contributed by atoms with E-state index in [0.29, 0.717) is 11.6 Å². The van der Waals surface area contributed by atoms with Crippen LogP contribution >= 0.6 is 0 Å². The molecular formula is C10H17N3O. The summed E-state index contributed by atoms with van der Waals surface area (Å²) in [6.45, 7) is 3.72. The van der Waals surface area contributed by atoms with Gasteiger partial charge in [0.15, 0.2) is 0 Å². The molecule has 0 saturated heterocycles. The first-order valence-electron chi connectivity index (χ1n) is 4.66. The topological polar surface area (TPSA) is 60.2 Å². The highest BCUT2D eigenvalue weighted by Gasteiger charge is 2.02. The number of rotatable bonds is 5. The van der Waals surface area contributed by atoms with Crippen LogP contribution in [0.4, 0.5) is 11.4 Å². The zero-order valence-corrected chi connectivity index (χ0v) is 8.66. The van der Waals surface area contributed by atoms with Gasteiger partial charge < -0.3 is 15.8 Å². The summed E-state index contributed by atoms with van der Waals surface area (Å²) < 4.78 is 5.04. The van der Waals surface area contributed by atoms with Gasteiger partial charge in [0.1, 0.15) is 0 Å². The maximum Gasteiger partial charge on any atom is 0.0736 e. The second kappa shape index (κ2) is 5.44. The van der Waals surface area contributed by atoms with Crippen molar-refractivity contribution in [1.82, 2.24) is 4.98 Å². The summed E-state index contributed by atoms with van der Waals surface area (Å²) in [5, 5.41) is 3.25. The van der Waals surface area contributed by atoms with E-state index in [9.17, 15) is 0 Å². The molecular weight excluding hydrogens is 178 g/mol. The third-order valence-corrected chi connectivity index (χ3v) is 1.94. The van der Waals surface area contributed by atoms with Gasteiger partial charge in [0.25, 0.3) is 0 Å². The maximum atomic E-state index is 5.72. The molecule has 0 aliphatic carbocycles. The van der Waals surface area contributed by atoms with Crippen molar-refractivity contribution >= 4 is 11.4 Å². The number of anilines is 2. The first-order valence-corrected chi connectivity index (χ1v) is 4.66. The molecule has 78 valence electrons. The fourth-order valence-electron chi connectivity index (χ4n) is 1.20. The van der Waals surface area contributed by atoms with E-state index in [-0.39, 0.29) is 0 Å². The Labute approximate surface area is 84.5 Å². The van der Waals surface area contributed by atoms with E-state index < -0.39 is 0 Å². The highest BCUT2D eigenvalue weighted by Crippen LogP contribution is 2.15. The molecule has 1 aromatic rings. The number of nitrogens with one attached hydrogen (secondary N) is 1. The van der Waals surface area contributed by atoms with Gasteiger partial charge in [-0.1, -0.05) is 6.92 Å². The predicted molar refractivity (Wildman–Crippen MR) is 58.2 cm³/mol. The Morgan fingerprint density at radius 2 is 2.43 bits per heavy atom. The van der Waals surface area contributed by atoms with Gasteiger partial charge in [0.05, 0.1) is 24.2 Å². The minimum Gasteiger partial charge on any atom is -0.396 e. The molecule has 1 aromatic heterocycles. The minimum atomic E-state index is 0.465. The molecule has 0 aromatic carbocycles. The molecule has 4 nitrogen and oxygen atoms in total. The minimum absolute atomic E-state index is 0.465. The van der Waals surface area contributed by atoms with Gasteiger partial charge >= 0.3 is 0 Å². The number of hydrogen-bond donors (Lipinski definition) is 2. The van der Waals surface area contributed by atoms with Crippen LogP contribution in [0, 0.1) is 5.92 Å². The van der Waals surface area contributed by atoms with E-state index in [0.717, 1.165) is 18.8 Å². The molecule has 3 N–H and O–H groups in total. The Bertz CT molecular complexity index is 278. The summed E-state index contributed by atoms with van der Waals surface area (Å²) in [5.41, 5.74) is 7.34. The molecule has 1 rings (SSSR count). The molecule has 0 aliphatic rings. The molecule has 1 unspecified atom stereocenters. The van der Waals surface area contributed by atoms with Crippen LogP contribution in [-0.4, -0.2) is 25.2 Å². The van der Waals surface area contributed by atoms with Crippen LogP contribution in [0.25, 0.3) is 0 Å². The average Bonchev–Trinajstić information content (AvgIpc) is 2.17. The van der Waals surface area contributed by atoms with E-state index in [4.69, 9.17) is 10.5 Å². The number of nitrogens with zero attached hydrogens (tertiary/aromatic N) is 1. The summed E-state index contributed by atoms with van der Waals surface area (Å²) >= 11 is 0. The third kappa shape index (κ3) is 3.22. The van der Waals surface area contributed by atoms with Crippen LogP contribution in [0.5, 0.6) is 0 Å². The Kier molecular flexibility index (Phi) is 4.19. The standard InChI is InChI=1S/C10H17N3O/c1-8(7-14-2)5-13-10-3-4-12-6-9(10)11/h3-4,6,8H,5,7,11H2,1-2H3,(H,12,13). The number of nitrogens with two attached hydrogens (primary N) is 1. The smallest absolute Gasteiger partial charge is 0.0736 e. The summed E-state index contributed by atoms with van der Waals surface area (Å²) in [4.78, 5) is 3.92. The van der Waals surface area contributed by atoms with Crippen LogP contribution in [0.3, 0.4) is 0 Å². The molecule has 1 heterocycles. The molecule has 0 amide bonds. The Hall–Kier alpha value is -1.29. The molecule has 0 spiro atoms. The fourth-order valence-corrected chi connectivity index (χ4v) is 1.20. The summed E-state index contributed by atoms with van der Waals surface area (Å²) in [6.07, 6.45) is 3.36. The maximum absolute atomic E-state index is 5.72. The molecule has 0 fully saturated rings. The number of ether oxygens (including phenoxy) is 1. The molecule has 0 radical (unpaired) electrons. The van der Waals surface area contributed by atoms with Gasteiger partial charge in [-0.3, -0.25) is 4.98 Å².